The number of Topliss-reactive ketones (excluding diaryl/α,β-unsaturated/α-hetero) is 1. The molecule has 0 bridgehead atoms. The summed E-state index contributed by atoms with van der Waals surface area (Å²) in [6.07, 6.45) is 5.15. The van der Waals surface area contributed by atoms with Crippen molar-refractivity contribution in [1.82, 2.24) is 15.2 Å². The van der Waals surface area contributed by atoms with Crippen LogP contribution in [-0.2, 0) is 12.8 Å². The van der Waals surface area contributed by atoms with Crippen LogP contribution in [-0.4, -0.2) is 26.0 Å². The summed E-state index contributed by atoms with van der Waals surface area (Å²) in [5.41, 5.74) is 7.42. The molecule has 2 aromatic carbocycles. The molecule has 2 heterocycles. The van der Waals surface area contributed by atoms with E-state index in [2.05, 4.69) is 39.6 Å². The Morgan fingerprint density at radius 1 is 0.909 bits per heavy atom. The number of carbonyl (C=O) groups is 1. The van der Waals surface area contributed by atoms with Gasteiger partial charge in [0, 0.05) is 23.5 Å². The number of hydrogen-bond donors (Lipinski definition) is 1. The van der Waals surface area contributed by atoms with E-state index in [1.807, 2.05) is 48.5 Å². The molecule has 8 heteroatoms. The van der Waals surface area contributed by atoms with Gasteiger partial charge in [-0.15, -0.1) is 10.2 Å². The van der Waals surface area contributed by atoms with Crippen LogP contribution in [0.15, 0.2) is 87.8 Å². The fourth-order valence-corrected chi connectivity index (χ4v) is 3.68. The van der Waals surface area contributed by atoms with Crippen molar-refractivity contribution in [3.8, 4) is 11.5 Å². The highest BCUT2D eigenvalue weighted by molar-refractivity contribution is 8.15. The second kappa shape index (κ2) is 10.7. The van der Waals surface area contributed by atoms with E-state index in [9.17, 15) is 4.79 Å². The van der Waals surface area contributed by atoms with E-state index in [4.69, 9.17) is 4.42 Å². The number of benzene rings is 2. The van der Waals surface area contributed by atoms with Gasteiger partial charge in [-0.3, -0.25) is 15.2 Å². The molecule has 0 aliphatic heterocycles. The average Bonchev–Trinajstić information content (AvgIpc) is 3.35. The van der Waals surface area contributed by atoms with Crippen LogP contribution in [0.25, 0.3) is 11.5 Å². The maximum absolute atomic E-state index is 13.3. The Hall–Kier alpha value is -3.78. The monoisotopic (exact) mass is 457 g/mol. The molecule has 7 nitrogen and oxygen atoms in total. The molecule has 0 atom stereocenters. The maximum Gasteiger partial charge on any atom is 0.283 e. The summed E-state index contributed by atoms with van der Waals surface area (Å²) < 4.78 is 5.76. The Morgan fingerprint density at radius 3 is 2.18 bits per heavy atom. The normalized spacial score (nSPS) is 11.4. The molecule has 0 saturated carbocycles. The number of ketones is 1. The minimum atomic E-state index is -0.232. The standard InChI is InChI=1S/C25H23N5O2S/c1-3-17-5-9-19(10-6-17)22(31)24(29-27-21-11-7-18(4-2)8-12-21)33-25-30-28-23(32-25)20-13-15-26-16-14-20/h5-16,27H,3-4H2,1-2H3/b29-24-. The van der Waals surface area contributed by atoms with Crippen LogP contribution in [0, 0.1) is 0 Å². The highest BCUT2D eigenvalue weighted by Crippen LogP contribution is 2.25. The van der Waals surface area contributed by atoms with Gasteiger partial charge in [0.25, 0.3) is 5.22 Å². The first kappa shape index (κ1) is 22.4. The van der Waals surface area contributed by atoms with Crippen molar-refractivity contribution in [2.75, 3.05) is 5.43 Å². The molecular weight excluding hydrogens is 434 g/mol. The van der Waals surface area contributed by atoms with Crippen molar-refractivity contribution >= 4 is 28.3 Å². The zero-order chi connectivity index (χ0) is 23.0. The third-order valence-electron chi connectivity index (χ3n) is 4.99. The number of nitrogens with one attached hydrogen (secondary N) is 1. The molecule has 166 valence electrons. The lowest BCUT2D eigenvalue weighted by molar-refractivity contribution is 0.106. The first-order chi connectivity index (χ1) is 16.2. The first-order valence-corrected chi connectivity index (χ1v) is 11.5. The number of rotatable bonds is 8. The van der Waals surface area contributed by atoms with Crippen LogP contribution in [0.5, 0.6) is 0 Å². The number of nitrogens with zero attached hydrogens (tertiary/aromatic N) is 4. The van der Waals surface area contributed by atoms with Gasteiger partial charge in [0.2, 0.25) is 11.7 Å². The predicted octanol–water partition coefficient (Wildman–Crippen LogP) is 5.66. The minimum absolute atomic E-state index is 0.198. The number of hydrogen-bond acceptors (Lipinski definition) is 8. The number of pyridine rings is 1. The summed E-state index contributed by atoms with van der Waals surface area (Å²) in [5, 5.41) is 13.0. The lowest BCUT2D eigenvalue weighted by Gasteiger charge is -2.06. The molecule has 0 spiro atoms. The van der Waals surface area contributed by atoms with E-state index in [1.165, 1.54) is 5.56 Å². The second-order valence-electron chi connectivity index (χ2n) is 7.17. The van der Waals surface area contributed by atoms with Crippen LogP contribution in [0.2, 0.25) is 0 Å². The quantitative estimate of drug-likeness (QED) is 0.120. The molecule has 0 radical (unpaired) electrons. The second-order valence-corrected chi connectivity index (χ2v) is 8.11. The fourth-order valence-electron chi connectivity index (χ4n) is 3.01. The summed E-state index contributed by atoms with van der Waals surface area (Å²) >= 11 is 1.03. The number of hydrazone groups is 1. The van der Waals surface area contributed by atoms with Gasteiger partial charge in [-0.2, -0.15) is 5.10 Å². The van der Waals surface area contributed by atoms with Crippen molar-refractivity contribution in [2.45, 2.75) is 31.9 Å². The molecule has 0 fully saturated rings. The zero-order valence-corrected chi connectivity index (χ0v) is 19.2. The van der Waals surface area contributed by atoms with Crippen molar-refractivity contribution in [3.05, 3.63) is 89.7 Å². The predicted molar refractivity (Wildman–Crippen MR) is 130 cm³/mol. The first-order valence-electron chi connectivity index (χ1n) is 10.6. The van der Waals surface area contributed by atoms with Crippen LogP contribution < -0.4 is 5.43 Å². The summed E-state index contributed by atoms with van der Waals surface area (Å²) in [6, 6.07) is 19.0. The molecule has 0 amide bonds. The van der Waals surface area contributed by atoms with E-state index >= 15 is 0 Å². The summed E-state index contributed by atoms with van der Waals surface area (Å²) in [5.74, 6) is 0.117. The third-order valence-corrected chi connectivity index (χ3v) is 5.79. The number of carbonyl (C=O) groups excluding carboxylic acids is 1. The van der Waals surface area contributed by atoms with Gasteiger partial charge in [-0.1, -0.05) is 50.2 Å². The lowest BCUT2D eigenvalue weighted by atomic mass is 10.1. The summed E-state index contributed by atoms with van der Waals surface area (Å²) in [7, 11) is 0. The molecule has 33 heavy (non-hydrogen) atoms. The smallest absolute Gasteiger partial charge is 0.283 e. The van der Waals surface area contributed by atoms with E-state index in [0.717, 1.165) is 41.4 Å². The molecule has 4 rings (SSSR count). The topological polar surface area (TPSA) is 93.3 Å². The van der Waals surface area contributed by atoms with E-state index in [-0.39, 0.29) is 16.0 Å². The Kier molecular flexibility index (Phi) is 7.26. The van der Waals surface area contributed by atoms with Gasteiger partial charge < -0.3 is 4.42 Å². The molecule has 0 saturated heterocycles. The Labute approximate surface area is 196 Å². The SMILES string of the molecule is CCc1ccc(N/N=C(\Sc2nnc(-c3ccncc3)o2)C(=O)c2ccc(CC)cc2)cc1. The maximum atomic E-state index is 13.3. The highest BCUT2D eigenvalue weighted by Gasteiger charge is 2.20. The highest BCUT2D eigenvalue weighted by atomic mass is 32.2. The summed E-state index contributed by atoms with van der Waals surface area (Å²) in [6.45, 7) is 4.17. The minimum Gasteiger partial charge on any atom is -0.411 e. The van der Waals surface area contributed by atoms with Gasteiger partial charge in [-0.05, 0) is 60.0 Å². The molecule has 1 N–H and O–H groups in total. The Balaban J connectivity index is 1.59. The molecule has 4 aromatic rings. The Morgan fingerprint density at radius 2 is 1.55 bits per heavy atom. The van der Waals surface area contributed by atoms with Crippen LogP contribution in [0.3, 0.4) is 0 Å². The molecular formula is C25H23N5O2S. The van der Waals surface area contributed by atoms with Crippen LogP contribution >= 0.6 is 11.8 Å². The van der Waals surface area contributed by atoms with Crippen molar-refractivity contribution in [1.29, 1.82) is 0 Å². The van der Waals surface area contributed by atoms with Gasteiger partial charge in [-0.25, -0.2) is 0 Å². The van der Waals surface area contributed by atoms with Crippen molar-refractivity contribution in [3.63, 3.8) is 0 Å². The number of aromatic nitrogens is 3. The van der Waals surface area contributed by atoms with Gasteiger partial charge >= 0.3 is 0 Å². The molecule has 2 aromatic heterocycles. The van der Waals surface area contributed by atoms with Gasteiger partial charge in [0.05, 0.1) is 5.69 Å². The molecule has 0 unspecified atom stereocenters. The van der Waals surface area contributed by atoms with Crippen LogP contribution in [0.4, 0.5) is 5.69 Å². The fraction of sp³-hybridized carbons (Fsp3) is 0.160. The average molecular weight is 458 g/mol. The van der Waals surface area contributed by atoms with E-state index < -0.39 is 0 Å². The Bertz CT molecular complexity index is 1240. The van der Waals surface area contributed by atoms with Crippen molar-refractivity contribution < 1.29 is 9.21 Å². The van der Waals surface area contributed by atoms with Crippen LogP contribution in [0.1, 0.15) is 35.3 Å². The van der Waals surface area contributed by atoms with E-state index in [0.29, 0.717) is 11.5 Å². The zero-order valence-electron chi connectivity index (χ0n) is 18.4. The number of thioether (sulfide) groups is 1. The lowest BCUT2D eigenvalue weighted by Crippen LogP contribution is -2.13. The number of anilines is 1. The van der Waals surface area contributed by atoms with Crippen molar-refractivity contribution in [2.24, 2.45) is 5.10 Å². The molecule has 0 aliphatic rings. The largest absolute Gasteiger partial charge is 0.411 e. The van der Waals surface area contributed by atoms with Gasteiger partial charge in [0.1, 0.15) is 0 Å². The molecule has 0 aliphatic carbocycles. The van der Waals surface area contributed by atoms with E-state index in [1.54, 1.807) is 24.5 Å². The third kappa shape index (κ3) is 5.72. The number of aryl methyl sites for hydroxylation is 2. The van der Waals surface area contributed by atoms with Gasteiger partial charge in [0.15, 0.2) is 5.04 Å². The summed E-state index contributed by atoms with van der Waals surface area (Å²) in [4.78, 5) is 17.2.